The summed E-state index contributed by atoms with van der Waals surface area (Å²) >= 11 is 0. The summed E-state index contributed by atoms with van der Waals surface area (Å²) in [7, 11) is 5.31. The second kappa shape index (κ2) is 20.0. The number of likely N-dealkylation sites (N-methyl/N-ethyl adjacent to an activating group) is 1. The van der Waals surface area contributed by atoms with E-state index in [1.165, 1.54) is 14.0 Å². The van der Waals surface area contributed by atoms with E-state index < -0.39 is 95.5 Å². The van der Waals surface area contributed by atoms with Gasteiger partial charge in [-0.1, -0.05) is 27.7 Å². The van der Waals surface area contributed by atoms with E-state index in [1.54, 1.807) is 34.6 Å². The highest BCUT2D eigenvalue weighted by Gasteiger charge is 2.58. The second-order valence-corrected chi connectivity index (χ2v) is 18.2. The van der Waals surface area contributed by atoms with Gasteiger partial charge in [0.05, 0.1) is 35.9 Å². The van der Waals surface area contributed by atoms with Crippen LogP contribution in [-0.2, 0) is 33.2 Å². The van der Waals surface area contributed by atoms with Gasteiger partial charge in [0.25, 0.3) is 0 Å². The van der Waals surface area contributed by atoms with Gasteiger partial charge in [-0.2, -0.15) is 0 Å². The standard InChI is InChI=1S/C41H79N3O12/c1-15-17-42-22-41(50)28(8)53-31(20-39(41,10)51-14)55-33-25(5)35(56-37-32(45)29(44(12)13)18-24(4)52-37)38(9,48)19-23(3)21-43-27(7)34(46)40(11,49)30(16-2)54-36(47)26(33)6/h23-35,37,42-43,45-46,48-50H,15-22H2,1-14H3/t23-,24-,25+,26-,27-,28?,29?,30-,31?,32?,33+,34-,35-,37+,38-,39?,40-,41?/m1/s1. The summed E-state index contributed by atoms with van der Waals surface area (Å²) in [5.41, 5.74) is -5.95. The van der Waals surface area contributed by atoms with Gasteiger partial charge in [-0.3, -0.25) is 4.79 Å². The first-order chi connectivity index (χ1) is 25.9. The zero-order chi connectivity index (χ0) is 42.6. The topological polar surface area (TPSA) is 201 Å². The van der Waals surface area contributed by atoms with Crippen molar-refractivity contribution in [3.05, 3.63) is 0 Å². The zero-order valence-electron chi connectivity index (χ0n) is 36.8. The SMILES string of the molecule is CCCNCC1(O)C(C)OC(O[C@H]2[C@H](C)[C@@H](O[C@@H]3O[C@H](C)CC(N(C)C)C3O)[C@](C)(O)C[C@@H](C)CN[C@H](C)[C@@H](O)[C@](C)(O)[C@@H](CC)OC(=O)[C@@H]2C)CC1(C)OC. The van der Waals surface area contributed by atoms with Crippen LogP contribution in [0.4, 0.5) is 0 Å². The maximum absolute atomic E-state index is 14.3. The molecule has 3 fully saturated rings. The van der Waals surface area contributed by atoms with E-state index in [0.717, 1.165) is 6.42 Å². The van der Waals surface area contributed by atoms with Gasteiger partial charge in [0, 0.05) is 38.1 Å². The largest absolute Gasteiger partial charge is 0.459 e. The summed E-state index contributed by atoms with van der Waals surface area (Å²) in [5.74, 6) is -2.66. The fourth-order valence-electron chi connectivity index (χ4n) is 9.21. The van der Waals surface area contributed by atoms with E-state index in [-0.39, 0.29) is 43.9 Å². The van der Waals surface area contributed by atoms with E-state index in [1.807, 2.05) is 53.6 Å². The minimum Gasteiger partial charge on any atom is -0.459 e. The molecule has 56 heavy (non-hydrogen) atoms. The number of cyclic esters (lactones) is 1. The first kappa shape index (κ1) is 49.3. The number of aliphatic hydroxyl groups excluding tert-OH is 2. The van der Waals surface area contributed by atoms with Gasteiger partial charge >= 0.3 is 5.97 Å². The van der Waals surface area contributed by atoms with E-state index in [0.29, 0.717) is 19.5 Å². The van der Waals surface area contributed by atoms with Crippen LogP contribution >= 0.6 is 0 Å². The first-order valence-electron chi connectivity index (χ1n) is 20.9. The van der Waals surface area contributed by atoms with Crippen LogP contribution < -0.4 is 10.6 Å². The number of methoxy groups -OCH3 is 1. The summed E-state index contributed by atoms with van der Waals surface area (Å²) in [6.07, 6.45) is -6.71. The molecule has 6 unspecified atom stereocenters. The molecule has 330 valence electrons. The van der Waals surface area contributed by atoms with E-state index >= 15 is 0 Å². The molecule has 3 aliphatic rings. The maximum atomic E-state index is 14.3. The molecule has 0 spiro atoms. The average Bonchev–Trinajstić information content (AvgIpc) is 3.12. The number of hydrogen-bond donors (Lipinski definition) is 7. The summed E-state index contributed by atoms with van der Waals surface area (Å²) in [6.45, 7) is 20.9. The fraction of sp³-hybridized carbons (Fsp3) is 0.976. The number of carbonyl (C=O) groups excluding carboxylic acids is 1. The van der Waals surface area contributed by atoms with Crippen molar-refractivity contribution in [3.63, 3.8) is 0 Å². The van der Waals surface area contributed by atoms with Gasteiger partial charge in [0.15, 0.2) is 12.6 Å². The van der Waals surface area contributed by atoms with E-state index in [4.69, 9.17) is 28.4 Å². The Labute approximate surface area is 336 Å². The highest BCUT2D eigenvalue weighted by Crippen LogP contribution is 2.43. The quantitative estimate of drug-likeness (QED) is 0.118. The lowest BCUT2D eigenvalue weighted by Gasteiger charge is -2.53. The van der Waals surface area contributed by atoms with Crippen molar-refractivity contribution < 1.29 is 58.7 Å². The van der Waals surface area contributed by atoms with Crippen LogP contribution in [0.2, 0.25) is 0 Å². The predicted octanol–water partition coefficient (Wildman–Crippen LogP) is 1.93. The van der Waals surface area contributed by atoms with Crippen LogP contribution in [0.15, 0.2) is 0 Å². The van der Waals surface area contributed by atoms with Crippen LogP contribution in [-0.4, -0.2) is 167 Å². The minimum atomic E-state index is -1.81. The van der Waals surface area contributed by atoms with E-state index in [2.05, 4.69) is 10.6 Å². The average molecular weight is 806 g/mol. The minimum absolute atomic E-state index is 0.0939. The number of carbonyl (C=O) groups is 1. The summed E-state index contributed by atoms with van der Waals surface area (Å²) in [5, 5.41) is 65.8. The lowest BCUT2D eigenvalue weighted by atomic mass is 9.75. The molecule has 3 aliphatic heterocycles. The first-order valence-corrected chi connectivity index (χ1v) is 20.9. The molecule has 3 heterocycles. The smallest absolute Gasteiger partial charge is 0.311 e. The molecule has 0 radical (unpaired) electrons. The lowest BCUT2D eigenvalue weighted by Crippen LogP contribution is -2.70. The van der Waals surface area contributed by atoms with Crippen LogP contribution in [0.3, 0.4) is 0 Å². The molecule has 3 saturated heterocycles. The highest BCUT2D eigenvalue weighted by molar-refractivity contribution is 5.73. The molecule has 15 nitrogen and oxygen atoms in total. The summed E-state index contributed by atoms with van der Waals surface area (Å²) in [6, 6.07) is -0.877. The van der Waals surface area contributed by atoms with Gasteiger partial charge in [0.1, 0.15) is 35.1 Å². The Kier molecular flexibility index (Phi) is 17.6. The normalized spacial score (nSPS) is 47.9. The maximum Gasteiger partial charge on any atom is 0.311 e. The van der Waals surface area contributed by atoms with Gasteiger partial charge < -0.3 is 69.5 Å². The van der Waals surface area contributed by atoms with Gasteiger partial charge in [0.2, 0.25) is 0 Å². The summed E-state index contributed by atoms with van der Waals surface area (Å²) < 4.78 is 38.3. The Morgan fingerprint density at radius 1 is 0.964 bits per heavy atom. The van der Waals surface area contributed by atoms with Crippen molar-refractivity contribution >= 4 is 5.97 Å². The van der Waals surface area contributed by atoms with Crippen molar-refractivity contribution in [3.8, 4) is 0 Å². The van der Waals surface area contributed by atoms with Gasteiger partial charge in [-0.05, 0) is 107 Å². The number of rotatable bonds is 11. The highest BCUT2D eigenvalue weighted by atomic mass is 16.7. The van der Waals surface area contributed by atoms with Gasteiger partial charge in [-0.25, -0.2) is 0 Å². The second-order valence-electron chi connectivity index (χ2n) is 18.2. The molecule has 0 aromatic heterocycles. The van der Waals surface area contributed by atoms with Crippen LogP contribution in [0, 0.1) is 17.8 Å². The molecule has 0 saturated carbocycles. The lowest BCUT2D eigenvalue weighted by molar-refractivity contribution is -0.336. The fourth-order valence-corrected chi connectivity index (χ4v) is 9.21. The molecule has 15 heteroatoms. The Hall–Kier alpha value is -1.05. The Morgan fingerprint density at radius 3 is 2.18 bits per heavy atom. The third-order valence-electron chi connectivity index (χ3n) is 13.0. The van der Waals surface area contributed by atoms with Crippen LogP contribution in [0.1, 0.15) is 108 Å². The Balaban J connectivity index is 2.16. The third-order valence-corrected chi connectivity index (χ3v) is 13.0. The molecule has 18 atom stereocenters. The molecular weight excluding hydrogens is 726 g/mol. The molecule has 0 aliphatic carbocycles. The Morgan fingerprint density at radius 2 is 1.61 bits per heavy atom. The molecule has 0 amide bonds. The van der Waals surface area contributed by atoms with E-state index in [9.17, 15) is 30.3 Å². The predicted molar refractivity (Wildman–Crippen MR) is 212 cm³/mol. The van der Waals surface area contributed by atoms with Crippen LogP contribution in [0.25, 0.3) is 0 Å². The number of ether oxygens (including phenoxy) is 6. The Bertz CT molecular complexity index is 1230. The van der Waals surface area contributed by atoms with Gasteiger partial charge in [-0.15, -0.1) is 0 Å². The summed E-state index contributed by atoms with van der Waals surface area (Å²) in [4.78, 5) is 16.2. The van der Waals surface area contributed by atoms with Crippen molar-refractivity contribution in [1.82, 2.24) is 15.5 Å². The monoisotopic (exact) mass is 806 g/mol. The number of esters is 1. The molecule has 0 aromatic rings. The zero-order valence-corrected chi connectivity index (χ0v) is 36.8. The van der Waals surface area contributed by atoms with Crippen molar-refractivity contribution in [2.24, 2.45) is 17.8 Å². The number of aliphatic hydroxyl groups is 5. The van der Waals surface area contributed by atoms with Crippen molar-refractivity contribution in [2.75, 3.05) is 40.8 Å². The number of nitrogens with one attached hydrogen (secondary N) is 2. The molecule has 3 rings (SSSR count). The molecule has 0 aromatic carbocycles. The molecular formula is C41H79N3O12. The van der Waals surface area contributed by atoms with Crippen molar-refractivity contribution in [1.29, 1.82) is 0 Å². The number of hydrogen-bond acceptors (Lipinski definition) is 15. The molecule has 7 N–H and O–H groups in total. The third kappa shape index (κ3) is 11.0. The van der Waals surface area contributed by atoms with Crippen molar-refractivity contribution in [2.45, 2.75) is 198 Å². The van der Waals surface area contributed by atoms with Crippen LogP contribution in [0.5, 0.6) is 0 Å². The number of nitrogens with zero attached hydrogens (tertiary/aromatic N) is 1. The molecule has 0 bridgehead atoms.